The topological polar surface area (TPSA) is 75.7 Å². The maximum absolute atomic E-state index is 12.3. The number of hydrogen-bond donors (Lipinski definition) is 1. The molecule has 3 rings (SSSR count). The molecule has 1 fully saturated rings. The fourth-order valence-electron chi connectivity index (χ4n) is 3.01. The van der Waals surface area contributed by atoms with E-state index >= 15 is 0 Å². The maximum Gasteiger partial charge on any atom is 0.311 e. The van der Waals surface area contributed by atoms with Crippen molar-refractivity contribution in [3.63, 3.8) is 0 Å². The summed E-state index contributed by atoms with van der Waals surface area (Å²) in [5, 5.41) is 3.27. The average molecular weight is 401 g/mol. The number of nitrogens with zero attached hydrogens (tertiary/aromatic N) is 1. The Labute approximate surface area is 168 Å². The van der Waals surface area contributed by atoms with Crippen LogP contribution in [0.15, 0.2) is 42.5 Å². The summed E-state index contributed by atoms with van der Waals surface area (Å²) in [4.78, 5) is 38.1. The fraction of sp³-hybridized carbons (Fsp3) is 0.286. The molecular formula is C21H21ClN2O4. The summed E-state index contributed by atoms with van der Waals surface area (Å²) in [6.45, 7) is 3.77. The lowest BCUT2D eigenvalue weighted by molar-refractivity contribution is -0.151. The highest BCUT2D eigenvalue weighted by molar-refractivity contribution is 6.30. The van der Waals surface area contributed by atoms with Gasteiger partial charge in [-0.15, -0.1) is 0 Å². The van der Waals surface area contributed by atoms with Crippen molar-refractivity contribution >= 4 is 40.8 Å². The molecule has 28 heavy (non-hydrogen) atoms. The molecule has 146 valence electrons. The minimum atomic E-state index is -0.599. The van der Waals surface area contributed by atoms with Gasteiger partial charge >= 0.3 is 5.97 Å². The normalized spacial score (nSPS) is 16.2. The third-order valence-corrected chi connectivity index (χ3v) is 4.98. The van der Waals surface area contributed by atoms with Crippen molar-refractivity contribution in [2.24, 2.45) is 5.92 Å². The lowest BCUT2D eigenvalue weighted by Gasteiger charge is -2.16. The second-order valence-electron chi connectivity index (χ2n) is 6.84. The molecule has 1 atom stereocenters. The Morgan fingerprint density at radius 1 is 1.14 bits per heavy atom. The molecule has 1 heterocycles. The van der Waals surface area contributed by atoms with Gasteiger partial charge in [-0.2, -0.15) is 0 Å². The zero-order chi connectivity index (χ0) is 20.3. The van der Waals surface area contributed by atoms with Crippen molar-refractivity contribution < 1.29 is 19.1 Å². The number of ether oxygens (including phenoxy) is 1. The lowest BCUT2D eigenvalue weighted by atomic mass is 10.1. The van der Waals surface area contributed by atoms with Crippen molar-refractivity contribution in [3.8, 4) is 0 Å². The molecule has 1 N–H and O–H groups in total. The van der Waals surface area contributed by atoms with Crippen LogP contribution >= 0.6 is 11.6 Å². The minimum absolute atomic E-state index is 0.0558. The van der Waals surface area contributed by atoms with Gasteiger partial charge < -0.3 is 15.0 Å². The first-order chi connectivity index (χ1) is 13.3. The molecule has 1 saturated heterocycles. The van der Waals surface area contributed by atoms with Crippen LogP contribution in [0.1, 0.15) is 17.5 Å². The third kappa shape index (κ3) is 4.70. The Hall–Kier alpha value is -2.86. The number of benzene rings is 2. The summed E-state index contributed by atoms with van der Waals surface area (Å²) < 4.78 is 5.11. The van der Waals surface area contributed by atoms with Gasteiger partial charge in [0.1, 0.15) is 0 Å². The molecule has 0 unspecified atom stereocenters. The SMILES string of the molecule is Cc1ccc(NC(=O)COC(=O)[C@H]2CC(=O)N(c3ccc(Cl)cc3)C2)cc1C. The number of carbonyl (C=O) groups is 3. The predicted octanol–water partition coefficient (Wildman–Crippen LogP) is 3.49. The van der Waals surface area contributed by atoms with Crippen LogP contribution in [0.4, 0.5) is 11.4 Å². The van der Waals surface area contributed by atoms with Gasteiger partial charge in [-0.3, -0.25) is 14.4 Å². The first kappa shape index (κ1) is 19.9. The van der Waals surface area contributed by atoms with Crippen LogP contribution in [0.2, 0.25) is 5.02 Å². The van der Waals surface area contributed by atoms with Gasteiger partial charge in [0.2, 0.25) is 5.91 Å². The molecule has 0 aliphatic carbocycles. The van der Waals surface area contributed by atoms with Gasteiger partial charge in [-0.05, 0) is 61.4 Å². The zero-order valence-corrected chi connectivity index (χ0v) is 16.5. The van der Waals surface area contributed by atoms with Gasteiger partial charge in [0, 0.05) is 29.4 Å². The van der Waals surface area contributed by atoms with Crippen LogP contribution in [-0.2, 0) is 19.1 Å². The summed E-state index contributed by atoms with van der Waals surface area (Å²) >= 11 is 5.86. The van der Waals surface area contributed by atoms with Crippen molar-refractivity contribution in [2.75, 3.05) is 23.4 Å². The first-order valence-corrected chi connectivity index (χ1v) is 9.31. The monoisotopic (exact) mass is 400 g/mol. The molecule has 6 nitrogen and oxygen atoms in total. The summed E-state index contributed by atoms with van der Waals surface area (Å²) in [5.41, 5.74) is 3.51. The number of amides is 2. The first-order valence-electron chi connectivity index (χ1n) is 8.93. The van der Waals surface area contributed by atoms with Gasteiger partial charge in [0.25, 0.3) is 5.91 Å². The van der Waals surface area contributed by atoms with E-state index in [9.17, 15) is 14.4 Å². The molecule has 7 heteroatoms. The van der Waals surface area contributed by atoms with E-state index < -0.39 is 24.4 Å². The molecule has 2 aromatic rings. The molecule has 0 radical (unpaired) electrons. The van der Waals surface area contributed by atoms with E-state index in [1.54, 1.807) is 30.3 Å². The predicted molar refractivity (Wildman–Crippen MR) is 107 cm³/mol. The Morgan fingerprint density at radius 2 is 1.86 bits per heavy atom. The number of anilines is 2. The quantitative estimate of drug-likeness (QED) is 0.779. The van der Waals surface area contributed by atoms with Crippen LogP contribution in [0.5, 0.6) is 0 Å². The molecular weight excluding hydrogens is 380 g/mol. The van der Waals surface area contributed by atoms with Crippen molar-refractivity contribution in [2.45, 2.75) is 20.3 Å². The molecule has 2 aromatic carbocycles. The fourth-order valence-corrected chi connectivity index (χ4v) is 3.13. The van der Waals surface area contributed by atoms with Crippen LogP contribution in [0.25, 0.3) is 0 Å². The molecule has 1 aliphatic rings. The Kier molecular flexibility index (Phi) is 5.99. The number of esters is 1. The Balaban J connectivity index is 1.52. The standard InChI is InChI=1S/C21H21ClN2O4/c1-13-3-6-17(9-14(13)2)23-19(25)12-28-21(27)15-10-20(26)24(11-15)18-7-4-16(22)5-8-18/h3-9,15H,10-12H2,1-2H3,(H,23,25)/t15-/m0/s1. The lowest BCUT2D eigenvalue weighted by Crippen LogP contribution is -2.28. The van der Waals surface area contributed by atoms with E-state index in [4.69, 9.17) is 16.3 Å². The second kappa shape index (κ2) is 8.44. The molecule has 0 saturated carbocycles. The van der Waals surface area contributed by atoms with E-state index in [-0.39, 0.29) is 18.9 Å². The molecule has 2 amide bonds. The zero-order valence-electron chi connectivity index (χ0n) is 15.7. The number of carbonyl (C=O) groups excluding carboxylic acids is 3. The third-order valence-electron chi connectivity index (χ3n) is 4.73. The van der Waals surface area contributed by atoms with Crippen molar-refractivity contribution in [1.29, 1.82) is 0 Å². The highest BCUT2D eigenvalue weighted by Gasteiger charge is 2.36. The maximum atomic E-state index is 12.3. The molecule has 0 bridgehead atoms. The minimum Gasteiger partial charge on any atom is -0.455 e. The molecule has 0 aromatic heterocycles. The Morgan fingerprint density at radius 3 is 2.54 bits per heavy atom. The van der Waals surface area contributed by atoms with Gasteiger partial charge in [0.15, 0.2) is 6.61 Å². The van der Waals surface area contributed by atoms with Crippen LogP contribution in [-0.4, -0.2) is 30.9 Å². The summed E-state index contributed by atoms with van der Waals surface area (Å²) in [7, 11) is 0. The number of halogens is 1. The number of nitrogens with one attached hydrogen (secondary N) is 1. The van der Waals surface area contributed by atoms with Gasteiger partial charge in [0.05, 0.1) is 5.92 Å². The van der Waals surface area contributed by atoms with Gasteiger partial charge in [-0.1, -0.05) is 17.7 Å². The molecule has 1 aliphatic heterocycles. The van der Waals surface area contributed by atoms with E-state index in [0.717, 1.165) is 11.1 Å². The van der Waals surface area contributed by atoms with E-state index in [1.807, 2.05) is 26.0 Å². The van der Waals surface area contributed by atoms with Gasteiger partial charge in [-0.25, -0.2) is 0 Å². The smallest absolute Gasteiger partial charge is 0.311 e. The summed E-state index contributed by atoms with van der Waals surface area (Å²) in [6.07, 6.45) is 0.0558. The second-order valence-corrected chi connectivity index (χ2v) is 7.27. The van der Waals surface area contributed by atoms with Crippen LogP contribution in [0, 0.1) is 19.8 Å². The number of hydrogen-bond acceptors (Lipinski definition) is 4. The molecule has 0 spiro atoms. The van der Waals surface area contributed by atoms with Crippen LogP contribution < -0.4 is 10.2 Å². The number of rotatable bonds is 5. The van der Waals surface area contributed by atoms with E-state index in [2.05, 4.69) is 5.32 Å². The highest BCUT2D eigenvalue weighted by atomic mass is 35.5. The van der Waals surface area contributed by atoms with Crippen molar-refractivity contribution in [1.82, 2.24) is 0 Å². The van der Waals surface area contributed by atoms with Crippen molar-refractivity contribution in [3.05, 3.63) is 58.6 Å². The van der Waals surface area contributed by atoms with Crippen LogP contribution in [0.3, 0.4) is 0 Å². The van der Waals surface area contributed by atoms with E-state index in [0.29, 0.717) is 16.4 Å². The largest absolute Gasteiger partial charge is 0.455 e. The number of aryl methyl sites for hydroxylation is 2. The average Bonchev–Trinajstić information content (AvgIpc) is 3.05. The Bertz CT molecular complexity index is 911. The van der Waals surface area contributed by atoms with E-state index in [1.165, 1.54) is 4.90 Å². The summed E-state index contributed by atoms with van der Waals surface area (Å²) in [5.74, 6) is -1.74. The summed E-state index contributed by atoms with van der Waals surface area (Å²) in [6, 6.07) is 12.4. The highest BCUT2D eigenvalue weighted by Crippen LogP contribution is 2.27.